The van der Waals surface area contributed by atoms with Crippen molar-refractivity contribution in [2.24, 2.45) is 0 Å². The normalized spacial score (nSPS) is 18.0. The Labute approximate surface area is 178 Å². The van der Waals surface area contributed by atoms with E-state index in [0.717, 1.165) is 16.2 Å². The number of Topliss-reactive ketones (excluding diaryl/α,β-unsaturated/α-hetero) is 1. The number of amides is 1. The summed E-state index contributed by atoms with van der Waals surface area (Å²) in [5.41, 5.74) is -0.202. The Kier molecular flexibility index (Phi) is 5.06. The number of thiazole rings is 1. The lowest BCUT2D eigenvalue weighted by Crippen LogP contribution is -2.29. The van der Waals surface area contributed by atoms with Gasteiger partial charge in [-0.25, -0.2) is 4.98 Å². The molecular weight excluding hydrogens is 430 g/mol. The van der Waals surface area contributed by atoms with Crippen LogP contribution in [0.1, 0.15) is 17.2 Å². The van der Waals surface area contributed by atoms with Crippen molar-refractivity contribution in [3.8, 4) is 0 Å². The van der Waals surface area contributed by atoms with Crippen LogP contribution in [-0.4, -0.2) is 26.7 Å². The van der Waals surface area contributed by atoms with Gasteiger partial charge in [0.1, 0.15) is 11.8 Å². The van der Waals surface area contributed by atoms with E-state index in [4.69, 9.17) is 11.6 Å². The van der Waals surface area contributed by atoms with E-state index in [1.54, 1.807) is 11.4 Å². The molecule has 1 aromatic heterocycles. The lowest BCUT2D eigenvalue weighted by atomic mass is 9.94. The standard InChI is InChI=1S/C20H12ClN3O5S/c21-12-7-5-11(6-8-12)17(25)15-16(13-3-1-2-4-14(13)24(28)29)23(19(27)18(15)26)20-22-9-10-30-20/h1-10,16,25H/t16-/m1/s1. The van der Waals surface area contributed by atoms with E-state index >= 15 is 0 Å². The number of hydrogen-bond acceptors (Lipinski definition) is 7. The van der Waals surface area contributed by atoms with Gasteiger partial charge < -0.3 is 5.11 Å². The Balaban J connectivity index is 2.00. The van der Waals surface area contributed by atoms with Crippen LogP contribution in [-0.2, 0) is 9.59 Å². The van der Waals surface area contributed by atoms with Crippen molar-refractivity contribution in [3.63, 3.8) is 0 Å². The highest BCUT2D eigenvalue weighted by Crippen LogP contribution is 2.45. The molecule has 0 unspecified atom stereocenters. The summed E-state index contributed by atoms with van der Waals surface area (Å²) in [6, 6.07) is 10.6. The second-order valence-electron chi connectivity index (χ2n) is 6.31. The number of nitro benzene ring substituents is 1. The van der Waals surface area contributed by atoms with E-state index in [0.29, 0.717) is 5.02 Å². The third kappa shape index (κ3) is 3.23. The maximum Gasteiger partial charge on any atom is 0.301 e. The van der Waals surface area contributed by atoms with Crippen molar-refractivity contribution in [1.29, 1.82) is 0 Å². The van der Waals surface area contributed by atoms with Gasteiger partial charge in [0.05, 0.1) is 16.1 Å². The fourth-order valence-corrected chi connectivity index (χ4v) is 4.10. The largest absolute Gasteiger partial charge is 0.507 e. The number of rotatable bonds is 4. The first-order chi connectivity index (χ1) is 14.4. The minimum absolute atomic E-state index is 0.0902. The molecule has 1 amide bonds. The first-order valence-corrected chi connectivity index (χ1v) is 9.85. The van der Waals surface area contributed by atoms with Crippen molar-refractivity contribution in [1.82, 2.24) is 4.98 Å². The molecule has 2 aromatic carbocycles. The van der Waals surface area contributed by atoms with E-state index in [2.05, 4.69) is 4.98 Å². The number of benzene rings is 2. The molecule has 8 nitrogen and oxygen atoms in total. The van der Waals surface area contributed by atoms with Crippen LogP contribution >= 0.6 is 22.9 Å². The summed E-state index contributed by atoms with van der Waals surface area (Å²) >= 11 is 6.99. The molecule has 0 spiro atoms. The summed E-state index contributed by atoms with van der Waals surface area (Å²) in [6.07, 6.45) is 1.45. The van der Waals surface area contributed by atoms with Gasteiger partial charge in [0, 0.05) is 28.2 Å². The zero-order valence-electron chi connectivity index (χ0n) is 15.1. The number of aromatic nitrogens is 1. The van der Waals surface area contributed by atoms with Crippen molar-refractivity contribution in [2.75, 3.05) is 4.90 Å². The number of ketones is 1. The summed E-state index contributed by atoms with van der Waals surface area (Å²) in [4.78, 5) is 42.0. The van der Waals surface area contributed by atoms with Crippen molar-refractivity contribution < 1.29 is 19.6 Å². The minimum atomic E-state index is -1.21. The van der Waals surface area contributed by atoms with Crippen LogP contribution in [0.5, 0.6) is 0 Å². The number of halogens is 1. The lowest BCUT2D eigenvalue weighted by Gasteiger charge is -2.22. The van der Waals surface area contributed by atoms with E-state index in [1.807, 2.05) is 0 Å². The zero-order chi connectivity index (χ0) is 21.4. The number of nitro groups is 1. The summed E-state index contributed by atoms with van der Waals surface area (Å²) in [5, 5.41) is 24.8. The van der Waals surface area contributed by atoms with Gasteiger partial charge in [0.15, 0.2) is 5.13 Å². The van der Waals surface area contributed by atoms with Crippen LogP contribution in [0.15, 0.2) is 65.7 Å². The molecule has 0 bridgehead atoms. The van der Waals surface area contributed by atoms with Gasteiger partial charge in [0.2, 0.25) is 0 Å². The predicted molar refractivity (Wildman–Crippen MR) is 111 cm³/mol. The number of aliphatic hydroxyl groups is 1. The monoisotopic (exact) mass is 441 g/mol. The fraction of sp³-hybridized carbons (Fsp3) is 0.0500. The van der Waals surface area contributed by atoms with E-state index < -0.39 is 28.4 Å². The average Bonchev–Trinajstić information content (AvgIpc) is 3.35. The maximum atomic E-state index is 12.9. The minimum Gasteiger partial charge on any atom is -0.507 e. The zero-order valence-corrected chi connectivity index (χ0v) is 16.6. The van der Waals surface area contributed by atoms with Crippen LogP contribution < -0.4 is 4.90 Å². The van der Waals surface area contributed by atoms with Gasteiger partial charge in [0.25, 0.3) is 11.5 Å². The molecule has 150 valence electrons. The highest BCUT2D eigenvalue weighted by Gasteiger charge is 2.49. The van der Waals surface area contributed by atoms with Crippen molar-refractivity contribution >= 4 is 51.2 Å². The van der Waals surface area contributed by atoms with Gasteiger partial charge in [-0.15, -0.1) is 11.3 Å². The summed E-state index contributed by atoms with van der Waals surface area (Å²) < 4.78 is 0. The van der Waals surface area contributed by atoms with E-state index in [9.17, 15) is 24.8 Å². The second kappa shape index (κ2) is 7.69. The molecule has 0 saturated carbocycles. The molecule has 1 saturated heterocycles. The molecule has 2 heterocycles. The van der Waals surface area contributed by atoms with Crippen LogP contribution in [0.25, 0.3) is 5.76 Å². The van der Waals surface area contributed by atoms with Gasteiger partial charge in [-0.1, -0.05) is 23.7 Å². The number of aliphatic hydroxyl groups excluding tert-OH is 1. The maximum absolute atomic E-state index is 12.9. The molecule has 1 N–H and O–H groups in total. The highest BCUT2D eigenvalue weighted by molar-refractivity contribution is 7.14. The summed E-state index contributed by atoms with van der Waals surface area (Å²) in [6.45, 7) is 0. The molecule has 1 aliphatic rings. The molecule has 1 atom stereocenters. The Morgan fingerprint density at radius 1 is 1.17 bits per heavy atom. The first kappa shape index (κ1) is 19.7. The molecular formula is C20H12ClN3O5S. The molecule has 1 fully saturated rings. The highest BCUT2D eigenvalue weighted by atomic mass is 35.5. The number of para-hydroxylation sites is 1. The summed E-state index contributed by atoms with van der Waals surface area (Å²) in [5.74, 6) is -2.34. The molecule has 4 rings (SSSR count). The fourth-order valence-electron chi connectivity index (χ4n) is 3.31. The smallest absolute Gasteiger partial charge is 0.301 e. The molecule has 3 aromatic rings. The third-order valence-electron chi connectivity index (χ3n) is 4.62. The lowest BCUT2D eigenvalue weighted by molar-refractivity contribution is -0.385. The van der Waals surface area contributed by atoms with E-state index in [1.165, 1.54) is 48.7 Å². The second-order valence-corrected chi connectivity index (χ2v) is 7.62. The van der Waals surface area contributed by atoms with Crippen LogP contribution in [0, 0.1) is 10.1 Å². The average molecular weight is 442 g/mol. The van der Waals surface area contributed by atoms with Gasteiger partial charge in [-0.3, -0.25) is 24.6 Å². The number of hydrogen-bond donors (Lipinski definition) is 1. The molecule has 0 aliphatic carbocycles. The Morgan fingerprint density at radius 3 is 2.50 bits per heavy atom. The quantitative estimate of drug-likeness (QED) is 0.212. The molecule has 30 heavy (non-hydrogen) atoms. The topological polar surface area (TPSA) is 114 Å². The Hall–Kier alpha value is -3.56. The Morgan fingerprint density at radius 2 is 1.87 bits per heavy atom. The number of nitrogens with zero attached hydrogens (tertiary/aromatic N) is 3. The van der Waals surface area contributed by atoms with E-state index in [-0.39, 0.29) is 27.5 Å². The van der Waals surface area contributed by atoms with Gasteiger partial charge in [-0.05, 0) is 30.3 Å². The molecule has 10 heteroatoms. The number of carbonyl (C=O) groups is 2. The number of carbonyl (C=O) groups excluding carboxylic acids is 2. The SMILES string of the molecule is O=C1C(=O)N(c2nccs2)[C@H](c2ccccc2[N+](=O)[O-])C1=C(O)c1ccc(Cl)cc1. The van der Waals surface area contributed by atoms with Crippen LogP contribution in [0.2, 0.25) is 5.02 Å². The third-order valence-corrected chi connectivity index (χ3v) is 5.64. The molecule has 0 radical (unpaired) electrons. The predicted octanol–water partition coefficient (Wildman–Crippen LogP) is 4.33. The van der Waals surface area contributed by atoms with Crippen LogP contribution in [0.4, 0.5) is 10.8 Å². The number of anilines is 1. The Bertz CT molecular complexity index is 1190. The van der Waals surface area contributed by atoms with Crippen molar-refractivity contribution in [2.45, 2.75) is 6.04 Å². The first-order valence-electron chi connectivity index (χ1n) is 8.60. The van der Waals surface area contributed by atoms with Gasteiger partial charge >= 0.3 is 5.91 Å². The van der Waals surface area contributed by atoms with Gasteiger partial charge in [-0.2, -0.15) is 0 Å². The van der Waals surface area contributed by atoms with Crippen molar-refractivity contribution in [3.05, 3.63) is 91.9 Å². The van der Waals surface area contributed by atoms with Crippen LogP contribution in [0.3, 0.4) is 0 Å². The summed E-state index contributed by atoms with van der Waals surface area (Å²) in [7, 11) is 0. The molecule has 1 aliphatic heterocycles.